The predicted octanol–water partition coefficient (Wildman–Crippen LogP) is 3.67. The van der Waals surface area contributed by atoms with Crippen molar-refractivity contribution >= 4 is 5.82 Å². The fraction of sp³-hybridized carbons (Fsp3) is 0.706. The van der Waals surface area contributed by atoms with Crippen molar-refractivity contribution in [3.63, 3.8) is 0 Å². The van der Waals surface area contributed by atoms with Crippen LogP contribution in [-0.4, -0.2) is 29.0 Å². The third-order valence-corrected chi connectivity index (χ3v) is 4.97. The van der Waals surface area contributed by atoms with Crippen LogP contribution in [0.4, 0.5) is 5.82 Å². The summed E-state index contributed by atoms with van der Waals surface area (Å²) in [6.07, 6.45) is 10.4. The fourth-order valence-corrected chi connectivity index (χ4v) is 4.04. The first kappa shape index (κ1) is 13.9. The van der Waals surface area contributed by atoms with Crippen LogP contribution in [0.15, 0.2) is 18.3 Å². The van der Waals surface area contributed by atoms with E-state index in [2.05, 4.69) is 34.3 Å². The molecule has 1 aliphatic carbocycles. The molecule has 3 rings (SSSR count). The Morgan fingerprint density at radius 3 is 3.00 bits per heavy atom. The molecular weight excluding hydrogens is 246 g/mol. The number of anilines is 1. The molecule has 0 amide bonds. The minimum atomic E-state index is 0.826. The number of nitrogens with one attached hydrogen (secondary N) is 1. The molecule has 0 aromatic carbocycles. The zero-order chi connectivity index (χ0) is 13.8. The second kappa shape index (κ2) is 6.57. The van der Waals surface area contributed by atoms with Crippen LogP contribution < -0.4 is 5.32 Å². The lowest BCUT2D eigenvalue weighted by Gasteiger charge is -2.44. The highest BCUT2D eigenvalue weighted by atomic mass is 15.2. The van der Waals surface area contributed by atoms with Crippen LogP contribution in [0, 0.1) is 5.92 Å². The molecule has 2 atom stereocenters. The molecule has 2 fully saturated rings. The van der Waals surface area contributed by atoms with E-state index < -0.39 is 0 Å². The maximum atomic E-state index is 4.50. The van der Waals surface area contributed by atoms with E-state index in [-0.39, 0.29) is 0 Å². The molecule has 1 aromatic heterocycles. The summed E-state index contributed by atoms with van der Waals surface area (Å²) in [5.74, 6) is 2.03. The van der Waals surface area contributed by atoms with E-state index in [1.165, 1.54) is 50.6 Å². The number of piperidine rings is 1. The lowest BCUT2D eigenvalue weighted by atomic mass is 9.78. The number of fused-ring (bicyclic) bond motifs is 1. The van der Waals surface area contributed by atoms with E-state index in [9.17, 15) is 0 Å². The van der Waals surface area contributed by atoms with Gasteiger partial charge in [0.25, 0.3) is 0 Å². The molecule has 0 bridgehead atoms. The monoisotopic (exact) mass is 273 g/mol. The van der Waals surface area contributed by atoms with Crippen molar-refractivity contribution in [1.29, 1.82) is 0 Å². The molecule has 1 aliphatic heterocycles. The summed E-state index contributed by atoms with van der Waals surface area (Å²) >= 11 is 0. The van der Waals surface area contributed by atoms with Crippen molar-refractivity contribution in [1.82, 2.24) is 9.88 Å². The number of aromatic nitrogens is 1. The first-order valence-electron chi connectivity index (χ1n) is 8.30. The maximum absolute atomic E-state index is 4.50. The number of nitrogens with zero attached hydrogens (tertiary/aromatic N) is 2. The summed E-state index contributed by atoms with van der Waals surface area (Å²) in [6, 6.07) is 5.13. The standard InChI is InChI=1S/C17H27N3/c1-2-18-17-15(8-5-11-19-17)13-20-12-6-9-14-7-3-4-10-16(14)20/h5,8,11,14,16H,2-4,6-7,9-10,12-13H2,1H3,(H,18,19). The van der Waals surface area contributed by atoms with Gasteiger partial charge in [0.05, 0.1) is 0 Å². The van der Waals surface area contributed by atoms with E-state index in [0.29, 0.717) is 0 Å². The van der Waals surface area contributed by atoms with Crippen molar-refractivity contribution in [2.75, 3.05) is 18.4 Å². The fourth-order valence-electron chi connectivity index (χ4n) is 4.04. The zero-order valence-electron chi connectivity index (χ0n) is 12.6. The first-order chi connectivity index (χ1) is 9.88. The summed E-state index contributed by atoms with van der Waals surface area (Å²) in [7, 11) is 0. The Labute approximate surface area is 122 Å². The van der Waals surface area contributed by atoms with E-state index in [1.54, 1.807) is 0 Å². The van der Waals surface area contributed by atoms with Gasteiger partial charge in [-0.2, -0.15) is 0 Å². The topological polar surface area (TPSA) is 28.2 Å². The van der Waals surface area contributed by atoms with E-state index in [0.717, 1.165) is 30.9 Å². The van der Waals surface area contributed by atoms with Crippen LogP contribution in [0.2, 0.25) is 0 Å². The number of hydrogen-bond donors (Lipinski definition) is 1. The largest absolute Gasteiger partial charge is 0.370 e. The molecule has 2 aliphatic rings. The van der Waals surface area contributed by atoms with Gasteiger partial charge in [-0.3, -0.25) is 4.90 Å². The average molecular weight is 273 g/mol. The Balaban J connectivity index is 1.73. The lowest BCUT2D eigenvalue weighted by molar-refractivity contribution is 0.0548. The quantitative estimate of drug-likeness (QED) is 0.907. The van der Waals surface area contributed by atoms with Crippen LogP contribution in [-0.2, 0) is 6.54 Å². The molecule has 3 heteroatoms. The molecule has 3 nitrogen and oxygen atoms in total. The summed E-state index contributed by atoms with van der Waals surface area (Å²) in [4.78, 5) is 7.23. The Morgan fingerprint density at radius 1 is 1.25 bits per heavy atom. The molecule has 0 spiro atoms. The van der Waals surface area contributed by atoms with Gasteiger partial charge in [0, 0.05) is 30.9 Å². The Morgan fingerprint density at radius 2 is 2.10 bits per heavy atom. The molecule has 1 N–H and O–H groups in total. The van der Waals surface area contributed by atoms with Crippen molar-refractivity contribution in [3.8, 4) is 0 Å². The number of likely N-dealkylation sites (tertiary alicyclic amines) is 1. The van der Waals surface area contributed by atoms with Gasteiger partial charge in [0.1, 0.15) is 5.82 Å². The second-order valence-corrected chi connectivity index (χ2v) is 6.27. The van der Waals surface area contributed by atoms with Gasteiger partial charge in [-0.15, -0.1) is 0 Å². The third kappa shape index (κ3) is 2.98. The van der Waals surface area contributed by atoms with Crippen molar-refractivity contribution in [3.05, 3.63) is 23.9 Å². The van der Waals surface area contributed by atoms with Gasteiger partial charge in [0.15, 0.2) is 0 Å². The van der Waals surface area contributed by atoms with Gasteiger partial charge < -0.3 is 5.32 Å². The molecule has 20 heavy (non-hydrogen) atoms. The number of rotatable bonds is 4. The average Bonchev–Trinajstić information content (AvgIpc) is 2.50. The SMILES string of the molecule is CCNc1ncccc1CN1CCCC2CCCCC21. The lowest BCUT2D eigenvalue weighted by Crippen LogP contribution is -2.46. The van der Waals surface area contributed by atoms with E-state index >= 15 is 0 Å². The molecular formula is C17H27N3. The van der Waals surface area contributed by atoms with Crippen LogP contribution in [0.25, 0.3) is 0 Å². The Bertz CT molecular complexity index is 430. The molecule has 1 saturated carbocycles. The van der Waals surface area contributed by atoms with Gasteiger partial charge in [-0.05, 0) is 51.1 Å². The zero-order valence-corrected chi connectivity index (χ0v) is 12.6. The second-order valence-electron chi connectivity index (χ2n) is 6.27. The van der Waals surface area contributed by atoms with Crippen LogP contribution in [0.5, 0.6) is 0 Å². The minimum absolute atomic E-state index is 0.826. The van der Waals surface area contributed by atoms with Gasteiger partial charge in [-0.1, -0.05) is 18.9 Å². The predicted molar refractivity (Wildman–Crippen MR) is 83.8 cm³/mol. The van der Waals surface area contributed by atoms with Gasteiger partial charge >= 0.3 is 0 Å². The highest BCUT2D eigenvalue weighted by molar-refractivity contribution is 5.43. The van der Waals surface area contributed by atoms with Crippen molar-refractivity contribution in [2.45, 2.75) is 58.0 Å². The molecule has 2 unspecified atom stereocenters. The Hall–Kier alpha value is -1.09. The van der Waals surface area contributed by atoms with Gasteiger partial charge in [-0.25, -0.2) is 4.98 Å². The molecule has 2 heterocycles. The summed E-state index contributed by atoms with van der Waals surface area (Å²) in [5.41, 5.74) is 1.36. The van der Waals surface area contributed by atoms with Gasteiger partial charge in [0.2, 0.25) is 0 Å². The maximum Gasteiger partial charge on any atom is 0.130 e. The van der Waals surface area contributed by atoms with E-state index in [4.69, 9.17) is 0 Å². The molecule has 1 aromatic rings. The summed E-state index contributed by atoms with van der Waals surface area (Å²) < 4.78 is 0. The Kier molecular flexibility index (Phi) is 4.56. The summed E-state index contributed by atoms with van der Waals surface area (Å²) in [6.45, 7) is 5.41. The van der Waals surface area contributed by atoms with E-state index in [1.807, 2.05) is 6.20 Å². The summed E-state index contributed by atoms with van der Waals surface area (Å²) in [5, 5.41) is 3.40. The molecule has 1 saturated heterocycles. The molecule has 0 radical (unpaired) electrons. The minimum Gasteiger partial charge on any atom is -0.370 e. The third-order valence-electron chi connectivity index (χ3n) is 4.97. The van der Waals surface area contributed by atoms with Crippen molar-refractivity contribution < 1.29 is 0 Å². The molecule has 110 valence electrons. The van der Waals surface area contributed by atoms with Crippen LogP contribution in [0.1, 0.15) is 51.0 Å². The van der Waals surface area contributed by atoms with Crippen molar-refractivity contribution in [2.24, 2.45) is 5.92 Å². The number of pyridine rings is 1. The highest BCUT2D eigenvalue weighted by Gasteiger charge is 2.33. The normalized spacial score (nSPS) is 27.1. The highest BCUT2D eigenvalue weighted by Crippen LogP contribution is 2.36. The first-order valence-corrected chi connectivity index (χ1v) is 8.30. The van der Waals surface area contributed by atoms with Crippen LogP contribution in [0.3, 0.4) is 0 Å². The smallest absolute Gasteiger partial charge is 0.130 e. The number of hydrogen-bond acceptors (Lipinski definition) is 3. The van der Waals surface area contributed by atoms with Crippen LogP contribution >= 0.6 is 0 Å².